The highest BCUT2D eigenvalue weighted by Gasteiger charge is 2.22. The smallest absolute Gasteiger partial charge is 0.108 e. The van der Waals surface area contributed by atoms with E-state index in [0.717, 1.165) is 13.2 Å². The monoisotopic (exact) mass is 265 g/mol. The standard InChI is InChI=1S/C15H23NOS/c1-4-8-16(3)13-6-5-7-14(10-13)18-15-9-12(2)11-17-15/h5-7,10,12,15H,4,8-9,11H2,1-3H3/t12-,15?/m1/s1. The largest absolute Gasteiger partial charge is 0.375 e. The van der Waals surface area contributed by atoms with Crippen LogP contribution in [0, 0.1) is 5.92 Å². The summed E-state index contributed by atoms with van der Waals surface area (Å²) < 4.78 is 5.77. The fourth-order valence-electron chi connectivity index (χ4n) is 2.23. The maximum atomic E-state index is 5.77. The van der Waals surface area contributed by atoms with Gasteiger partial charge < -0.3 is 9.64 Å². The third kappa shape index (κ3) is 3.66. The van der Waals surface area contributed by atoms with E-state index in [2.05, 4.69) is 50.1 Å². The molecule has 0 aliphatic carbocycles. The first-order valence-corrected chi connectivity index (χ1v) is 7.66. The topological polar surface area (TPSA) is 12.5 Å². The van der Waals surface area contributed by atoms with Crippen molar-refractivity contribution in [3.8, 4) is 0 Å². The Kier molecular flexibility index (Phi) is 4.95. The lowest BCUT2D eigenvalue weighted by Crippen LogP contribution is -2.17. The van der Waals surface area contributed by atoms with Crippen molar-refractivity contribution in [2.24, 2.45) is 5.92 Å². The summed E-state index contributed by atoms with van der Waals surface area (Å²) in [6.07, 6.45) is 2.34. The van der Waals surface area contributed by atoms with E-state index < -0.39 is 0 Å². The van der Waals surface area contributed by atoms with Gasteiger partial charge >= 0.3 is 0 Å². The molecular formula is C15H23NOS. The number of ether oxygens (including phenoxy) is 1. The van der Waals surface area contributed by atoms with Crippen molar-refractivity contribution in [1.82, 2.24) is 0 Å². The molecule has 0 radical (unpaired) electrons. The van der Waals surface area contributed by atoms with Crippen molar-refractivity contribution in [1.29, 1.82) is 0 Å². The van der Waals surface area contributed by atoms with Gasteiger partial charge in [0.25, 0.3) is 0 Å². The molecular weight excluding hydrogens is 242 g/mol. The second-order valence-electron chi connectivity index (χ2n) is 5.14. The summed E-state index contributed by atoms with van der Waals surface area (Å²) in [5.74, 6) is 0.702. The van der Waals surface area contributed by atoms with Crippen LogP contribution in [0.4, 0.5) is 5.69 Å². The second kappa shape index (κ2) is 6.48. The van der Waals surface area contributed by atoms with Crippen molar-refractivity contribution in [3.63, 3.8) is 0 Å². The minimum atomic E-state index is 0.340. The van der Waals surface area contributed by atoms with Crippen LogP contribution in [-0.2, 0) is 4.74 Å². The highest BCUT2D eigenvalue weighted by Crippen LogP contribution is 2.34. The molecule has 2 rings (SSSR count). The van der Waals surface area contributed by atoms with Crippen molar-refractivity contribution < 1.29 is 4.74 Å². The molecule has 18 heavy (non-hydrogen) atoms. The summed E-state index contributed by atoms with van der Waals surface area (Å²) in [6.45, 7) is 6.48. The van der Waals surface area contributed by atoms with Gasteiger partial charge in [0.15, 0.2) is 0 Å². The zero-order valence-corrected chi connectivity index (χ0v) is 12.4. The van der Waals surface area contributed by atoms with Gasteiger partial charge in [0.2, 0.25) is 0 Å². The molecule has 1 saturated heterocycles. The summed E-state index contributed by atoms with van der Waals surface area (Å²) in [6, 6.07) is 8.77. The molecule has 100 valence electrons. The van der Waals surface area contributed by atoms with E-state index in [9.17, 15) is 0 Å². The lowest BCUT2D eigenvalue weighted by Gasteiger charge is -2.19. The molecule has 0 bridgehead atoms. The van der Waals surface area contributed by atoms with Crippen LogP contribution in [0.5, 0.6) is 0 Å². The molecule has 1 aromatic rings. The van der Waals surface area contributed by atoms with E-state index >= 15 is 0 Å². The van der Waals surface area contributed by atoms with Crippen molar-refractivity contribution >= 4 is 17.4 Å². The molecule has 0 N–H and O–H groups in total. The normalized spacial score (nSPS) is 23.3. The molecule has 1 fully saturated rings. The molecule has 3 heteroatoms. The Morgan fingerprint density at radius 2 is 2.28 bits per heavy atom. The molecule has 0 amide bonds. The predicted octanol–water partition coefficient (Wildman–Crippen LogP) is 4.01. The first-order chi connectivity index (χ1) is 8.69. The van der Waals surface area contributed by atoms with Gasteiger partial charge in [0.1, 0.15) is 5.44 Å². The third-order valence-electron chi connectivity index (χ3n) is 3.25. The van der Waals surface area contributed by atoms with Crippen LogP contribution in [0.25, 0.3) is 0 Å². The molecule has 0 aromatic heterocycles. The fourth-order valence-corrected chi connectivity index (χ4v) is 3.45. The van der Waals surface area contributed by atoms with Gasteiger partial charge in [0.05, 0.1) is 6.61 Å². The maximum absolute atomic E-state index is 5.77. The molecule has 0 saturated carbocycles. The van der Waals surface area contributed by atoms with Crippen molar-refractivity contribution in [3.05, 3.63) is 24.3 Å². The lowest BCUT2D eigenvalue weighted by atomic mass is 10.2. The zero-order chi connectivity index (χ0) is 13.0. The second-order valence-corrected chi connectivity index (χ2v) is 6.37. The van der Waals surface area contributed by atoms with E-state index in [1.54, 1.807) is 0 Å². The highest BCUT2D eigenvalue weighted by molar-refractivity contribution is 7.99. The zero-order valence-electron chi connectivity index (χ0n) is 11.6. The van der Waals surface area contributed by atoms with Gasteiger partial charge in [-0.25, -0.2) is 0 Å². The third-order valence-corrected chi connectivity index (χ3v) is 4.36. The summed E-state index contributed by atoms with van der Waals surface area (Å²) in [7, 11) is 2.15. The van der Waals surface area contributed by atoms with Crippen LogP contribution in [0.15, 0.2) is 29.2 Å². The number of thioether (sulfide) groups is 1. The van der Waals surface area contributed by atoms with Crippen molar-refractivity contribution in [2.75, 3.05) is 25.1 Å². The fraction of sp³-hybridized carbons (Fsp3) is 0.600. The quantitative estimate of drug-likeness (QED) is 0.798. The summed E-state index contributed by atoms with van der Waals surface area (Å²) in [4.78, 5) is 3.62. The molecule has 1 aromatic carbocycles. The van der Waals surface area contributed by atoms with E-state index in [1.807, 2.05) is 11.8 Å². The Morgan fingerprint density at radius 3 is 2.94 bits per heavy atom. The van der Waals surface area contributed by atoms with Crippen LogP contribution >= 0.6 is 11.8 Å². The average Bonchev–Trinajstić information content (AvgIpc) is 2.75. The summed E-state index contributed by atoms with van der Waals surface area (Å²) in [5.41, 5.74) is 1.64. The van der Waals surface area contributed by atoms with Gasteiger partial charge in [-0.1, -0.05) is 31.7 Å². The van der Waals surface area contributed by atoms with E-state index in [1.165, 1.54) is 23.4 Å². The van der Waals surface area contributed by atoms with Crippen LogP contribution < -0.4 is 4.90 Å². The lowest BCUT2D eigenvalue weighted by molar-refractivity contribution is 0.166. The number of rotatable bonds is 5. The average molecular weight is 265 g/mol. The first kappa shape index (κ1) is 13.8. The van der Waals surface area contributed by atoms with Crippen molar-refractivity contribution in [2.45, 2.75) is 37.0 Å². The van der Waals surface area contributed by atoms with E-state index in [0.29, 0.717) is 11.4 Å². The SMILES string of the molecule is CCCN(C)c1cccc(SC2C[C@@H](C)CO2)c1. The molecule has 2 nitrogen and oxygen atoms in total. The number of hydrogen-bond donors (Lipinski definition) is 0. The van der Waals surface area contributed by atoms with Crippen LogP contribution in [0.1, 0.15) is 26.7 Å². The Bertz CT molecular complexity index is 383. The van der Waals surface area contributed by atoms with E-state index in [-0.39, 0.29) is 0 Å². The number of benzene rings is 1. The Morgan fingerprint density at radius 1 is 1.44 bits per heavy atom. The number of hydrogen-bond acceptors (Lipinski definition) is 3. The van der Waals surface area contributed by atoms with E-state index in [4.69, 9.17) is 4.74 Å². The summed E-state index contributed by atoms with van der Waals surface area (Å²) in [5, 5.41) is 0. The minimum Gasteiger partial charge on any atom is -0.375 e. The first-order valence-electron chi connectivity index (χ1n) is 6.78. The molecule has 1 unspecified atom stereocenters. The maximum Gasteiger partial charge on any atom is 0.108 e. The predicted molar refractivity (Wildman–Crippen MR) is 79.4 cm³/mol. The van der Waals surface area contributed by atoms with Gasteiger partial charge in [-0.15, -0.1) is 0 Å². The number of anilines is 1. The number of nitrogens with zero attached hydrogens (tertiary/aromatic N) is 1. The molecule has 1 heterocycles. The van der Waals surface area contributed by atoms with Gasteiger partial charge in [-0.2, -0.15) is 0 Å². The minimum absolute atomic E-state index is 0.340. The highest BCUT2D eigenvalue weighted by atomic mass is 32.2. The molecule has 0 spiro atoms. The summed E-state index contributed by atoms with van der Waals surface area (Å²) >= 11 is 1.86. The molecule has 2 atom stereocenters. The Labute approximate surface area is 115 Å². The van der Waals surface area contributed by atoms with Gasteiger partial charge in [-0.05, 0) is 37.0 Å². The molecule has 1 aliphatic rings. The van der Waals surface area contributed by atoms with Crippen LogP contribution in [0.3, 0.4) is 0 Å². The Hall–Kier alpha value is -0.670. The van der Waals surface area contributed by atoms with Gasteiger partial charge in [0, 0.05) is 24.2 Å². The Balaban J connectivity index is 1.98. The van der Waals surface area contributed by atoms with Crippen LogP contribution in [-0.4, -0.2) is 25.6 Å². The molecule has 1 aliphatic heterocycles. The van der Waals surface area contributed by atoms with Gasteiger partial charge in [-0.3, -0.25) is 0 Å². The van der Waals surface area contributed by atoms with Crippen LogP contribution in [0.2, 0.25) is 0 Å².